The summed E-state index contributed by atoms with van der Waals surface area (Å²) in [5, 5.41) is 0. The number of Topliss-reactive ketones (excluding diaryl/α,β-unsaturated/α-hetero) is 1. The van der Waals surface area contributed by atoms with E-state index in [9.17, 15) is 4.79 Å². The Balaban J connectivity index is 1.54. The van der Waals surface area contributed by atoms with Crippen molar-refractivity contribution in [3.05, 3.63) is 29.8 Å². The van der Waals surface area contributed by atoms with Crippen molar-refractivity contribution in [2.45, 2.75) is 25.7 Å². The first-order valence-corrected chi connectivity index (χ1v) is 8.01. The van der Waals surface area contributed by atoms with Gasteiger partial charge in [-0.15, -0.1) is 0 Å². The van der Waals surface area contributed by atoms with E-state index in [1.54, 1.807) is 7.11 Å². The Labute approximate surface area is 127 Å². The number of ketones is 1. The second-order valence-electron chi connectivity index (χ2n) is 6.79. The molecule has 2 aliphatic carbocycles. The molecule has 0 saturated heterocycles. The average Bonchev–Trinajstić information content (AvgIpc) is 3.09. The fraction of sp³-hybridized carbons (Fsp3) is 0.611. The van der Waals surface area contributed by atoms with E-state index in [4.69, 9.17) is 4.74 Å². The third kappa shape index (κ3) is 3.29. The molecule has 0 spiro atoms. The third-order valence-electron chi connectivity index (χ3n) is 5.24. The van der Waals surface area contributed by atoms with Crippen molar-refractivity contribution in [2.24, 2.45) is 17.8 Å². The highest BCUT2D eigenvalue weighted by atomic mass is 16.5. The molecule has 21 heavy (non-hydrogen) atoms. The molecule has 3 heteroatoms. The number of carbonyl (C=O) groups is 1. The summed E-state index contributed by atoms with van der Waals surface area (Å²) in [6.07, 6.45) is 5.66. The molecule has 2 fully saturated rings. The van der Waals surface area contributed by atoms with E-state index in [0.29, 0.717) is 6.54 Å². The van der Waals surface area contributed by atoms with Crippen LogP contribution in [0.1, 0.15) is 36.0 Å². The van der Waals surface area contributed by atoms with Crippen molar-refractivity contribution in [2.75, 3.05) is 27.2 Å². The monoisotopic (exact) mass is 287 g/mol. The zero-order chi connectivity index (χ0) is 14.8. The van der Waals surface area contributed by atoms with E-state index in [-0.39, 0.29) is 5.78 Å². The van der Waals surface area contributed by atoms with Gasteiger partial charge in [0.2, 0.25) is 0 Å². The Hall–Kier alpha value is -1.35. The van der Waals surface area contributed by atoms with Crippen LogP contribution in [0.2, 0.25) is 0 Å². The average molecular weight is 287 g/mol. The number of hydrogen-bond donors (Lipinski definition) is 0. The van der Waals surface area contributed by atoms with Crippen molar-refractivity contribution in [1.82, 2.24) is 4.90 Å². The van der Waals surface area contributed by atoms with Crippen LogP contribution in [0.4, 0.5) is 0 Å². The van der Waals surface area contributed by atoms with Crippen LogP contribution in [-0.4, -0.2) is 37.9 Å². The molecule has 3 rings (SSSR count). The predicted molar refractivity (Wildman–Crippen MR) is 83.8 cm³/mol. The van der Waals surface area contributed by atoms with E-state index in [0.717, 1.165) is 35.6 Å². The lowest BCUT2D eigenvalue weighted by Crippen LogP contribution is -2.32. The first-order valence-electron chi connectivity index (χ1n) is 8.01. The van der Waals surface area contributed by atoms with Crippen LogP contribution in [-0.2, 0) is 0 Å². The van der Waals surface area contributed by atoms with Crippen molar-refractivity contribution in [1.29, 1.82) is 0 Å². The number of likely N-dealkylation sites (N-methyl/N-ethyl adjacent to an activating group) is 1. The van der Waals surface area contributed by atoms with Gasteiger partial charge in [-0.3, -0.25) is 9.69 Å². The second-order valence-corrected chi connectivity index (χ2v) is 6.79. The molecule has 0 amide bonds. The number of carbonyl (C=O) groups excluding carboxylic acids is 1. The van der Waals surface area contributed by atoms with Gasteiger partial charge in [-0.1, -0.05) is 18.6 Å². The van der Waals surface area contributed by atoms with Gasteiger partial charge in [0.05, 0.1) is 13.7 Å². The third-order valence-corrected chi connectivity index (χ3v) is 5.24. The van der Waals surface area contributed by atoms with Crippen LogP contribution in [0, 0.1) is 17.8 Å². The molecule has 2 bridgehead atoms. The number of hydrogen-bond acceptors (Lipinski definition) is 3. The molecule has 114 valence electrons. The molecular weight excluding hydrogens is 262 g/mol. The molecule has 3 unspecified atom stereocenters. The zero-order valence-electron chi connectivity index (χ0n) is 13.0. The van der Waals surface area contributed by atoms with Crippen molar-refractivity contribution in [3.8, 4) is 5.75 Å². The Morgan fingerprint density at radius 1 is 1.33 bits per heavy atom. The molecule has 2 saturated carbocycles. The maximum Gasteiger partial charge on any atom is 0.176 e. The lowest BCUT2D eigenvalue weighted by atomic mass is 9.88. The van der Waals surface area contributed by atoms with E-state index >= 15 is 0 Å². The number of ether oxygens (including phenoxy) is 1. The number of rotatable bonds is 6. The predicted octanol–water partition coefficient (Wildman–Crippen LogP) is 3.25. The van der Waals surface area contributed by atoms with E-state index in [1.165, 1.54) is 25.7 Å². The second kappa shape index (κ2) is 6.18. The van der Waals surface area contributed by atoms with E-state index < -0.39 is 0 Å². The summed E-state index contributed by atoms with van der Waals surface area (Å²) in [4.78, 5) is 14.6. The van der Waals surface area contributed by atoms with Crippen molar-refractivity contribution >= 4 is 5.78 Å². The Bertz CT molecular complexity index is 514. The Morgan fingerprint density at radius 2 is 2.19 bits per heavy atom. The minimum Gasteiger partial charge on any atom is -0.497 e. The van der Waals surface area contributed by atoms with Crippen LogP contribution in [0.25, 0.3) is 0 Å². The van der Waals surface area contributed by atoms with Gasteiger partial charge in [0, 0.05) is 12.1 Å². The van der Waals surface area contributed by atoms with Gasteiger partial charge in [0.1, 0.15) is 5.75 Å². The summed E-state index contributed by atoms with van der Waals surface area (Å²) >= 11 is 0. The highest BCUT2D eigenvalue weighted by molar-refractivity contribution is 5.97. The van der Waals surface area contributed by atoms with E-state index in [2.05, 4.69) is 11.9 Å². The highest BCUT2D eigenvalue weighted by Crippen LogP contribution is 2.48. The summed E-state index contributed by atoms with van der Waals surface area (Å²) in [6, 6.07) is 7.45. The van der Waals surface area contributed by atoms with Gasteiger partial charge in [0.15, 0.2) is 5.78 Å². The molecule has 3 nitrogen and oxygen atoms in total. The lowest BCUT2D eigenvalue weighted by molar-refractivity contribution is 0.0929. The topological polar surface area (TPSA) is 29.5 Å². The van der Waals surface area contributed by atoms with Crippen LogP contribution in [0.3, 0.4) is 0 Å². The molecule has 0 aromatic heterocycles. The molecular formula is C18H25NO2. The SMILES string of the molecule is COc1cccc(C(=O)CN(C)CC2CC3CCC2C3)c1. The van der Waals surface area contributed by atoms with Crippen LogP contribution in [0.15, 0.2) is 24.3 Å². The highest BCUT2D eigenvalue weighted by Gasteiger charge is 2.39. The largest absolute Gasteiger partial charge is 0.497 e. The lowest BCUT2D eigenvalue weighted by Gasteiger charge is -2.26. The quantitative estimate of drug-likeness (QED) is 0.752. The summed E-state index contributed by atoms with van der Waals surface area (Å²) in [6.45, 7) is 1.57. The van der Waals surface area contributed by atoms with E-state index in [1.807, 2.05) is 24.3 Å². The molecule has 3 atom stereocenters. The number of nitrogens with zero attached hydrogens (tertiary/aromatic N) is 1. The van der Waals surface area contributed by atoms with Crippen LogP contribution >= 0.6 is 0 Å². The summed E-state index contributed by atoms with van der Waals surface area (Å²) in [5.74, 6) is 3.63. The maximum atomic E-state index is 12.4. The summed E-state index contributed by atoms with van der Waals surface area (Å²) in [5.41, 5.74) is 0.745. The number of benzene rings is 1. The van der Waals surface area contributed by atoms with Gasteiger partial charge in [-0.25, -0.2) is 0 Å². The number of fused-ring (bicyclic) bond motifs is 2. The molecule has 1 aromatic carbocycles. The van der Waals surface area contributed by atoms with Gasteiger partial charge < -0.3 is 4.74 Å². The minimum atomic E-state index is 0.180. The Morgan fingerprint density at radius 3 is 2.86 bits per heavy atom. The summed E-state index contributed by atoms with van der Waals surface area (Å²) < 4.78 is 5.19. The first kappa shape index (κ1) is 14.6. The molecule has 1 aromatic rings. The standard InChI is InChI=1S/C18H25NO2/c1-19(11-16-9-13-6-7-14(16)8-13)12-18(20)15-4-3-5-17(10-15)21-2/h3-5,10,13-14,16H,6-9,11-12H2,1-2H3. The fourth-order valence-corrected chi connectivity index (χ4v) is 4.20. The van der Waals surface area contributed by atoms with Crippen molar-refractivity contribution in [3.63, 3.8) is 0 Å². The van der Waals surface area contributed by atoms with Gasteiger partial charge >= 0.3 is 0 Å². The smallest absolute Gasteiger partial charge is 0.176 e. The fourth-order valence-electron chi connectivity index (χ4n) is 4.20. The normalized spacial score (nSPS) is 27.3. The molecule has 2 aliphatic rings. The molecule has 0 radical (unpaired) electrons. The van der Waals surface area contributed by atoms with Gasteiger partial charge in [-0.05, 0) is 56.2 Å². The van der Waals surface area contributed by atoms with Gasteiger partial charge in [0.25, 0.3) is 0 Å². The minimum absolute atomic E-state index is 0.180. The van der Waals surface area contributed by atoms with Crippen LogP contribution < -0.4 is 4.74 Å². The summed E-state index contributed by atoms with van der Waals surface area (Å²) in [7, 11) is 3.70. The van der Waals surface area contributed by atoms with Crippen molar-refractivity contribution < 1.29 is 9.53 Å². The maximum absolute atomic E-state index is 12.4. The number of methoxy groups -OCH3 is 1. The van der Waals surface area contributed by atoms with Gasteiger partial charge in [-0.2, -0.15) is 0 Å². The molecule has 0 aliphatic heterocycles. The zero-order valence-corrected chi connectivity index (χ0v) is 13.0. The van der Waals surface area contributed by atoms with Crippen LogP contribution in [0.5, 0.6) is 5.75 Å². The first-order chi connectivity index (χ1) is 10.2. The Kier molecular flexibility index (Phi) is 4.29. The molecule has 0 N–H and O–H groups in total. The molecule has 0 heterocycles.